The second kappa shape index (κ2) is 3.28. The van der Waals surface area contributed by atoms with E-state index in [0.717, 1.165) is 0 Å². The molecule has 0 aromatic carbocycles. The topological polar surface area (TPSA) is 18.5 Å². The monoisotopic (exact) mass is 182 g/mol. The van der Waals surface area contributed by atoms with Crippen molar-refractivity contribution < 1.29 is 9.47 Å². The summed E-state index contributed by atoms with van der Waals surface area (Å²) < 4.78 is 10.8. The van der Waals surface area contributed by atoms with E-state index in [-0.39, 0.29) is 22.9 Å². The van der Waals surface area contributed by atoms with Gasteiger partial charge in [-0.05, 0) is 10.8 Å². The standard InChI is InChI=1S/C10H19BO2/c1-9(2)7(6-12-5)13-8(11)10(9,3)4/h7-8H,6H2,1-5H3. The second-order valence-corrected chi connectivity index (χ2v) is 4.94. The molecule has 0 bridgehead atoms. The summed E-state index contributed by atoms with van der Waals surface area (Å²) in [5, 5.41) is 0. The van der Waals surface area contributed by atoms with Crippen LogP contribution in [0.2, 0.25) is 0 Å². The highest BCUT2D eigenvalue weighted by molar-refractivity contribution is 6.11. The number of hydrogen-bond acceptors (Lipinski definition) is 2. The quantitative estimate of drug-likeness (QED) is 0.603. The van der Waals surface area contributed by atoms with Crippen molar-refractivity contribution >= 4 is 7.85 Å². The van der Waals surface area contributed by atoms with Crippen LogP contribution in [-0.2, 0) is 9.47 Å². The molecule has 2 atom stereocenters. The van der Waals surface area contributed by atoms with Gasteiger partial charge in [0.25, 0.3) is 0 Å². The van der Waals surface area contributed by atoms with Crippen molar-refractivity contribution in [1.82, 2.24) is 0 Å². The van der Waals surface area contributed by atoms with E-state index in [1.165, 1.54) is 0 Å². The van der Waals surface area contributed by atoms with Gasteiger partial charge in [-0.1, -0.05) is 27.7 Å². The normalized spacial score (nSPS) is 36.4. The molecule has 1 fully saturated rings. The average molecular weight is 182 g/mol. The molecule has 1 rings (SSSR count). The number of ether oxygens (including phenoxy) is 2. The lowest BCUT2D eigenvalue weighted by Crippen LogP contribution is -2.40. The first kappa shape index (κ1) is 11.1. The number of hydrogen-bond donors (Lipinski definition) is 0. The van der Waals surface area contributed by atoms with E-state index in [9.17, 15) is 0 Å². The van der Waals surface area contributed by atoms with Crippen LogP contribution >= 0.6 is 0 Å². The molecule has 1 heterocycles. The molecule has 0 N–H and O–H groups in total. The van der Waals surface area contributed by atoms with Crippen molar-refractivity contribution in [3.05, 3.63) is 0 Å². The zero-order chi connectivity index (χ0) is 10.3. The van der Waals surface area contributed by atoms with Gasteiger partial charge in [-0.3, -0.25) is 0 Å². The van der Waals surface area contributed by atoms with Crippen LogP contribution in [0.1, 0.15) is 27.7 Å². The molecule has 13 heavy (non-hydrogen) atoms. The Hall–Kier alpha value is -0.0151. The van der Waals surface area contributed by atoms with E-state index in [4.69, 9.17) is 17.3 Å². The van der Waals surface area contributed by atoms with Crippen molar-refractivity contribution in [1.29, 1.82) is 0 Å². The summed E-state index contributed by atoms with van der Waals surface area (Å²) >= 11 is 0. The zero-order valence-corrected chi connectivity index (χ0v) is 9.26. The number of rotatable bonds is 2. The fraction of sp³-hybridized carbons (Fsp3) is 1.00. The second-order valence-electron chi connectivity index (χ2n) is 4.94. The summed E-state index contributed by atoms with van der Waals surface area (Å²) in [5.74, 6) is 0. The third-order valence-corrected chi connectivity index (χ3v) is 3.81. The zero-order valence-electron chi connectivity index (χ0n) is 9.26. The van der Waals surface area contributed by atoms with E-state index < -0.39 is 0 Å². The van der Waals surface area contributed by atoms with Gasteiger partial charge in [0.15, 0.2) is 0 Å². The molecular formula is C10H19BO2. The smallest absolute Gasteiger partial charge is 0.109 e. The van der Waals surface area contributed by atoms with Crippen molar-refractivity contribution in [3.8, 4) is 0 Å². The molecular weight excluding hydrogens is 163 g/mol. The van der Waals surface area contributed by atoms with Crippen LogP contribution < -0.4 is 0 Å². The van der Waals surface area contributed by atoms with Crippen molar-refractivity contribution in [2.75, 3.05) is 13.7 Å². The average Bonchev–Trinajstić information content (AvgIpc) is 2.14. The van der Waals surface area contributed by atoms with Crippen LogP contribution in [-0.4, -0.2) is 33.7 Å². The Morgan fingerprint density at radius 3 is 2.08 bits per heavy atom. The fourth-order valence-corrected chi connectivity index (χ4v) is 1.70. The third-order valence-electron chi connectivity index (χ3n) is 3.81. The Labute approximate surface area is 82.4 Å². The Morgan fingerprint density at radius 2 is 1.77 bits per heavy atom. The SMILES string of the molecule is [B]C1OC(COC)C(C)(C)C1(C)C. The van der Waals surface area contributed by atoms with Crippen LogP contribution in [0.3, 0.4) is 0 Å². The lowest BCUT2D eigenvalue weighted by molar-refractivity contribution is -0.0102. The Kier molecular flexibility index (Phi) is 2.79. The van der Waals surface area contributed by atoms with Gasteiger partial charge in [0.2, 0.25) is 0 Å². The summed E-state index contributed by atoms with van der Waals surface area (Å²) in [4.78, 5) is 0. The molecule has 1 aliphatic rings. The molecule has 1 saturated heterocycles. The molecule has 0 saturated carbocycles. The predicted molar refractivity (Wildman–Crippen MR) is 53.9 cm³/mol. The van der Waals surface area contributed by atoms with Crippen LogP contribution in [0.5, 0.6) is 0 Å². The van der Waals surface area contributed by atoms with Crippen molar-refractivity contribution in [2.45, 2.75) is 39.8 Å². The minimum absolute atomic E-state index is 0.00377. The van der Waals surface area contributed by atoms with E-state index in [1.54, 1.807) is 7.11 Å². The molecule has 3 heteroatoms. The molecule has 1 aliphatic heterocycles. The molecule has 0 spiro atoms. The van der Waals surface area contributed by atoms with Crippen LogP contribution in [0.15, 0.2) is 0 Å². The van der Waals surface area contributed by atoms with Crippen LogP contribution in [0, 0.1) is 10.8 Å². The molecule has 0 aromatic rings. The van der Waals surface area contributed by atoms with Gasteiger partial charge in [-0.2, -0.15) is 0 Å². The summed E-state index contributed by atoms with van der Waals surface area (Å²) in [6.07, 6.45) is 0.0995. The van der Waals surface area contributed by atoms with Crippen LogP contribution in [0.25, 0.3) is 0 Å². The first-order valence-corrected chi connectivity index (χ1v) is 4.74. The van der Waals surface area contributed by atoms with Gasteiger partial charge < -0.3 is 9.47 Å². The largest absolute Gasteiger partial charge is 0.382 e. The van der Waals surface area contributed by atoms with E-state index >= 15 is 0 Å². The molecule has 2 nitrogen and oxygen atoms in total. The Morgan fingerprint density at radius 1 is 1.23 bits per heavy atom. The van der Waals surface area contributed by atoms with Gasteiger partial charge in [-0.25, -0.2) is 0 Å². The van der Waals surface area contributed by atoms with Gasteiger partial charge in [0, 0.05) is 13.1 Å². The molecule has 0 aromatic heterocycles. The summed E-state index contributed by atoms with van der Waals surface area (Å²) in [7, 11) is 7.62. The van der Waals surface area contributed by atoms with Gasteiger partial charge >= 0.3 is 0 Å². The lowest BCUT2D eigenvalue weighted by atomic mass is 9.61. The highest BCUT2D eigenvalue weighted by atomic mass is 16.5. The van der Waals surface area contributed by atoms with Gasteiger partial charge in [0.05, 0.1) is 12.7 Å². The maximum Gasteiger partial charge on any atom is 0.109 e. The predicted octanol–water partition coefficient (Wildman–Crippen LogP) is 1.58. The Bertz CT molecular complexity index is 189. The minimum atomic E-state index is -0.192. The van der Waals surface area contributed by atoms with E-state index in [0.29, 0.717) is 6.61 Å². The van der Waals surface area contributed by atoms with Crippen molar-refractivity contribution in [3.63, 3.8) is 0 Å². The molecule has 0 amide bonds. The summed E-state index contributed by atoms with van der Waals surface area (Å²) in [6, 6.07) is -0.192. The number of methoxy groups -OCH3 is 1. The molecule has 0 aliphatic carbocycles. The van der Waals surface area contributed by atoms with Crippen molar-refractivity contribution in [2.24, 2.45) is 10.8 Å². The highest BCUT2D eigenvalue weighted by Gasteiger charge is 2.53. The minimum Gasteiger partial charge on any atom is -0.382 e. The lowest BCUT2D eigenvalue weighted by Gasteiger charge is -2.38. The summed E-state index contributed by atoms with van der Waals surface area (Å²) in [5.41, 5.74) is 0.0542. The van der Waals surface area contributed by atoms with Gasteiger partial charge in [-0.15, -0.1) is 0 Å². The van der Waals surface area contributed by atoms with E-state index in [1.807, 2.05) is 0 Å². The van der Waals surface area contributed by atoms with Gasteiger partial charge in [0.1, 0.15) is 7.85 Å². The molecule has 2 unspecified atom stereocenters. The highest BCUT2D eigenvalue weighted by Crippen LogP contribution is 2.51. The third kappa shape index (κ3) is 1.53. The fourth-order valence-electron chi connectivity index (χ4n) is 1.70. The Balaban J connectivity index is 2.84. The van der Waals surface area contributed by atoms with Crippen LogP contribution in [0.4, 0.5) is 0 Å². The molecule has 2 radical (unpaired) electrons. The first-order chi connectivity index (χ1) is 5.84. The summed E-state index contributed by atoms with van der Waals surface area (Å²) in [6.45, 7) is 9.28. The maximum atomic E-state index is 5.93. The maximum absolute atomic E-state index is 5.93. The van der Waals surface area contributed by atoms with E-state index in [2.05, 4.69) is 27.7 Å². The molecule has 74 valence electrons. The first-order valence-electron chi connectivity index (χ1n) is 4.74.